The number of ether oxygens (including phenoxy) is 5. The number of rotatable bonds is 18. The van der Waals surface area contributed by atoms with Crippen molar-refractivity contribution in [3.63, 3.8) is 0 Å². The fourth-order valence-corrected chi connectivity index (χ4v) is 10.8. The number of aliphatic hydroxyl groups is 1. The highest BCUT2D eigenvalue weighted by Crippen LogP contribution is 2.28. The molecule has 0 bridgehead atoms. The molecule has 0 spiro atoms. The molecular formula is C85H146Cl4N8O17. The molecule has 0 aliphatic carbocycles. The van der Waals surface area contributed by atoms with Crippen LogP contribution < -0.4 is 36.2 Å². The number of nitrogens with two attached hydrogens (primary N) is 1. The molecule has 3 aromatic carbocycles. The van der Waals surface area contributed by atoms with Crippen molar-refractivity contribution in [3.05, 3.63) is 84.4 Å². The quantitative estimate of drug-likeness (QED) is 0.0204. The summed E-state index contributed by atoms with van der Waals surface area (Å²) in [6.07, 6.45) is 19.2. The smallest absolute Gasteiger partial charge is 0.410 e. The van der Waals surface area contributed by atoms with Crippen molar-refractivity contribution < 1.29 is 83.5 Å². The van der Waals surface area contributed by atoms with Gasteiger partial charge in [0.2, 0.25) is 11.1 Å². The summed E-state index contributed by atoms with van der Waals surface area (Å²) in [5.41, 5.74) is 7.39. The maximum atomic E-state index is 12.3. The first-order valence-corrected chi connectivity index (χ1v) is 40.3. The lowest BCUT2D eigenvalue weighted by Gasteiger charge is -2.42. The lowest BCUT2D eigenvalue weighted by molar-refractivity contribution is -0.142. The number of phenolic OH excluding ortho intramolecular Hbond substituents is 1. The van der Waals surface area contributed by atoms with Gasteiger partial charge in [0.25, 0.3) is 0 Å². The largest absolute Gasteiger partial charge is 0.508 e. The number of aliphatic carboxylic acids is 1. The van der Waals surface area contributed by atoms with Crippen LogP contribution in [0.2, 0.25) is 0 Å². The van der Waals surface area contributed by atoms with Gasteiger partial charge in [0.15, 0.2) is 5.78 Å². The molecule has 114 heavy (non-hydrogen) atoms. The van der Waals surface area contributed by atoms with Crippen LogP contribution in [0, 0.1) is 36.5 Å². The van der Waals surface area contributed by atoms with E-state index < -0.39 is 11.6 Å². The summed E-state index contributed by atoms with van der Waals surface area (Å²) >= 11 is 14.7. The summed E-state index contributed by atoms with van der Waals surface area (Å²) in [5, 5.41) is 33.8. The average molecular weight is 1690 g/mol. The van der Waals surface area contributed by atoms with Gasteiger partial charge in [0.1, 0.15) is 29.9 Å². The number of hydrogen-bond donors (Lipinski definition) is 7. The van der Waals surface area contributed by atoms with E-state index >= 15 is 0 Å². The van der Waals surface area contributed by atoms with Crippen LogP contribution in [0.15, 0.2) is 78.9 Å². The first-order valence-electron chi connectivity index (χ1n) is 39.4. The second kappa shape index (κ2) is 72.3. The highest BCUT2D eigenvalue weighted by Gasteiger charge is 2.32. The maximum Gasteiger partial charge on any atom is 0.410 e. The Morgan fingerprint density at radius 3 is 1.58 bits per heavy atom. The van der Waals surface area contributed by atoms with E-state index in [1.165, 1.54) is 59.4 Å². The van der Waals surface area contributed by atoms with Crippen LogP contribution in [-0.4, -0.2) is 214 Å². The number of benzene rings is 3. The topological polar surface area (TPSA) is 336 Å². The minimum atomic E-state index is -0.706. The molecule has 0 saturated carbocycles. The number of phenols is 1. The van der Waals surface area contributed by atoms with Crippen LogP contribution in [-0.2, 0) is 58.9 Å². The zero-order valence-corrected chi connectivity index (χ0v) is 74.1. The standard InChI is InChI=1S/C18H28N2O3.C12H18N2O.C12H23NO2.C9H9ClO.C9H16O3.C7H15N.C5H7NO2.C5H10O2.C3H7NO2.C2H2.CH2Cl2.CH4O.CH4.ClH/c1-6-14-13-19(17(21)23-18(2,3)4)10-11-20(14)15-8-7-9-16(12-15)22-5;1-2-10-9-13-6-7-14(10)11-4-3-5-12(15)8-11;1-5-10-7-6-8-13(9-10)11(14)15-12(2,3)4;10-9(11)7-6-8-4-2-1-3-5-8;1-4-7(2)8(10)5-6-9(11)12-3;1-2-7-4-3-5-8-6-7;7-4-1-2-5(8)6-3-4;1-3-4(2)5(6)7;1-6-3(5)2-4;1-2;2-1-3;1-2;;/h7-9,12,14H,6,10-11,13H2,1-5H3;3-5,8,10,13,15H,2,6-7,9H2,1H3;10H,5-9H2,1-4H3;1-5H,6-7H2;7H,4-6H2,1-3H3;7-8H,2-6H2,1H3;1-3H2,(H,6,8);4H,3H2,1-2H3,(H,6,7);2,4H2,1H3;1-2H;1H2;2H,1H3;1H4;1H/i;;;;;;;;;1D;;;;. The molecule has 656 valence electrons. The van der Waals surface area contributed by atoms with Gasteiger partial charge in [-0.05, 0) is 166 Å². The number of carbonyl (C=O) groups excluding carboxylic acids is 8. The van der Waals surface area contributed by atoms with Crippen LogP contribution in [0.4, 0.5) is 21.0 Å². The third kappa shape index (κ3) is 60.4. The number of esters is 2. The van der Waals surface area contributed by atoms with Crippen LogP contribution in [0.5, 0.6) is 11.5 Å². The summed E-state index contributed by atoms with van der Waals surface area (Å²) in [5.74, 6) is 1.58. The van der Waals surface area contributed by atoms with Crippen molar-refractivity contribution in [3.8, 4) is 24.3 Å². The number of nitrogens with zero attached hydrogens (tertiary/aromatic N) is 4. The summed E-state index contributed by atoms with van der Waals surface area (Å²) in [7, 11) is 5.31. The van der Waals surface area contributed by atoms with E-state index in [0.717, 1.165) is 120 Å². The molecule has 5 heterocycles. The number of aliphatic hydroxyl groups excluding tert-OH is 1. The van der Waals surface area contributed by atoms with Crippen molar-refractivity contribution in [2.24, 2.45) is 29.4 Å². The van der Waals surface area contributed by atoms with E-state index in [-0.39, 0.29) is 115 Å². The van der Waals surface area contributed by atoms with Crippen LogP contribution in [0.25, 0.3) is 0 Å². The Balaban J connectivity index is -0.000000294. The van der Waals surface area contributed by atoms with Gasteiger partial charge in [-0.15, -0.1) is 48.4 Å². The molecule has 5 aliphatic heterocycles. The zero-order valence-electron chi connectivity index (χ0n) is 72.0. The van der Waals surface area contributed by atoms with Crippen molar-refractivity contribution in [2.45, 2.75) is 230 Å². The van der Waals surface area contributed by atoms with Gasteiger partial charge < -0.3 is 80.3 Å². The lowest BCUT2D eigenvalue weighted by atomic mass is 9.96. The number of nitrogens with one attached hydrogen (secondary N) is 3. The number of piperazine rings is 2. The molecule has 8 rings (SSSR count). The molecule has 6 atom stereocenters. The van der Waals surface area contributed by atoms with E-state index in [0.29, 0.717) is 56.5 Å². The summed E-state index contributed by atoms with van der Waals surface area (Å²) < 4.78 is 30.5. The van der Waals surface area contributed by atoms with Crippen molar-refractivity contribution >= 4 is 111 Å². The fraction of sp³-hybridized carbons (Fsp3) is 0.659. The molecule has 3 amide bonds. The number of anilines is 2. The van der Waals surface area contributed by atoms with Gasteiger partial charge in [-0.2, -0.15) is 0 Å². The van der Waals surface area contributed by atoms with E-state index in [4.69, 9.17) is 66.3 Å². The third-order valence-corrected chi connectivity index (χ3v) is 17.8. The summed E-state index contributed by atoms with van der Waals surface area (Å²) in [6.45, 7) is 37.3. The first kappa shape index (κ1) is 115. The number of terminal acetylenes is 1. The first-order chi connectivity index (χ1) is 53.5. The van der Waals surface area contributed by atoms with Crippen LogP contribution >= 0.6 is 47.2 Å². The minimum absolute atomic E-state index is 0. The normalized spacial score (nSPS) is 16.9. The molecule has 3 aromatic rings. The van der Waals surface area contributed by atoms with Crippen LogP contribution in [0.3, 0.4) is 0 Å². The number of alkyl halides is 2. The van der Waals surface area contributed by atoms with E-state index in [1.54, 1.807) is 20.1 Å². The van der Waals surface area contributed by atoms with E-state index in [1.807, 2.05) is 133 Å². The number of likely N-dealkylation sites (tertiary alicyclic amines) is 1. The number of aromatic hydroxyl groups is 1. The number of aryl methyl sites for hydroxylation is 1. The van der Waals surface area contributed by atoms with Gasteiger partial charge in [-0.25, -0.2) is 9.59 Å². The monoisotopic (exact) mass is 1690 g/mol. The molecule has 0 radical (unpaired) electrons. The number of methoxy groups -OCH3 is 3. The Bertz CT molecular complexity index is 3060. The van der Waals surface area contributed by atoms with Crippen molar-refractivity contribution in [1.29, 1.82) is 0 Å². The summed E-state index contributed by atoms with van der Waals surface area (Å²) in [6, 6.07) is 26.3. The second-order valence-electron chi connectivity index (χ2n) is 28.4. The van der Waals surface area contributed by atoms with Gasteiger partial charge in [0.05, 0.1) is 52.1 Å². The van der Waals surface area contributed by atoms with Gasteiger partial charge in [0, 0.05) is 127 Å². The number of Topliss-reactive ketones (excluding diaryl/α,β-unsaturated/α-hetero) is 2. The van der Waals surface area contributed by atoms with Crippen molar-refractivity contribution in [2.75, 3.05) is 122 Å². The predicted octanol–water partition coefficient (Wildman–Crippen LogP) is 15.5. The number of hydrogen-bond acceptors (Lipinski definition) is 21. The minimum Gasteiger partial charge on any atom is -0.508 e. The van der Waals surface area contributed by atoms with Gasteiger partial charge in [-0.1, -0.05) is 118 Å². The number of ketones is 2. The Labute approximate surface area is 707 Å². The Morgan fingerprint density at radius 2 is 1.17 bits per heavy atom. The number of carboxylic acids is 1. The average Bonchev–Trinajstić information content (AvgIpc) is 0.792. The lowest BCUT2D eigenvalue weighted by Crippen LogP contribution is -2.55. The van der Waals surface area contributed by atoms with Gasteiger partial charge in [-0.3, -0.25) is 33.6 Å². The van der Waals surface area contributed by atoms with E-state index in [2.05, 4.69) is 81.5 Å². The molecule has 0 aromatic heterocycles. The fourth-order valence-electron chi connectivity index (χ4n) is 10.7. The van der Waals surface area contributed by atoms with Crippen LogP contribution in [0.1, 0.15) is 208 Å². The van der Waals surface area contributed by atoms with Crippen molar-refractivity contribution in [1.82, 2.24) is 25.8 Å². The Kier molecular flexibility index (Phi) is 73.2. The second-order valence-corrected chi connectivity index (χ2v) is 29.6. The summed E-state index contributed by atoms with van der Waals surface area (Å²) in [4.78, 5) is 105. The molecule has 8 N–H and O–H groups in total. The highest BCUT2D eigenvalue weighted by atomic mass is 35.5. The molecule has 5 saturated heterocycles. The Morgan fingerprint density at radius 1 is 0.649 bits per heavy atom. The SMILES string of the molecule is C.CCC(C)C(=O)CCC(=O)OC.CCC(C)C(=O)O.CCC1CCCN(C(=O)OC(C)(C)C)C1.CCC1CCCNC1.CCC1CN(C(=O)OC(C)(C)C)CCN1c1cccc(OC)c1.CCC1CNCCN1c1cccc(O)c1.CO.COC(=O)CN.Cl.ClCCl.O=C(Cl)CCc1ccccc1.O=C1CCC(=O)NC1.[2H]C#C. The highest BCUT2D eigenvalue weighted by molar-refractivity contribution is 6.63. The molecule has 25 nitrogen and oxygen atoms in total. The van der Waals surface area contributed by atoms with E-state index in [9.17, 15) is 48.3 Å². The molecule has 5 aliphatic rings. The maximum absolute atomic E-state index is 12.3. The number of carboxylic acid groups (broad SMARTS) is 1. The Hall–Kier alpha value is -7.15. The molecule has 5 fully saturated rings. The third-order valence-electron chi connectivity index (χ3n) is 17.7. The number of carbonyl (C=O) groups is 9. The molecule has 29 heteroatoms. The molecular weight excluding hydrogens is 1550 g/mol. The number of halogens is 4. The van der Waals surface area contributed by atoms with Gasteiger partial charge >= 0.3 is 30.1 Å². The zero-order chi connectivity index (χ0) is 86.9. The molecule has 6 unspecified atom stereocenters. The number of piperidine rings is 3. The number of amides is 3. The predicted molar refractivity (Wildman–Crippen MR) is 467 cm³/mol.